The lowest BCUT2D eigenvalue weighted by molar-refractivity contribution is 0.480. The summed E-state index contributed by atoms with van der Waals surface area (Å²) in [5.41, 5.74) is 2.08. The second kappa shape index (κ2) is 4.84. The highest BCUT2D eigenvalue weighted by molar-refractivity contribution is 5.46. The van der Waals surface area contributed by atoms with Crippen LogP contribution in [0.15, 0.2) is 6.20 Å². The van der Waals surface area contributed by atoms with E-state index in [1.54, 1.807) is 0 Å². The minimum atomic E-state index is 0.613. The van der Waals surface area contributed by atoms with Crippen LogP contribution in [0.4, 0.5) is 5.82 Å². The van der Waals surface area contributed by atoms with Gasteiger partial charge in [-0.1, -0.05) is 0 Å². The van der Waals surface area contributed by atoms with Crippen molar-refractivity contribution in [3.63, 3.8) is 0 Å². The van der Waals surface area contributed by atoms with E-state index in [-0.39, 0.29) is 0 Å². The van der Waals surface area contributed by atoms with Crippen LogP contribution in [0.5, 0.6) is 0 Å². The molecule has 2 fully saturated rings. The molecule has 2 saturated heterocycles. The normalized spacial score (nSPS) is 28.0. The van der Waals surface area contributed by atoms with E-state index >= 15 is 0 Å². The van der Waals surface area contributed by atoms with Crippen molar-refractivity contribution in [3.8, 4) is 0 Å². The fourth-order valence-corrected chi connectivity index (χ4v) is 3.31. The molecule has 0 aromatic carbocycles. The van der Waals surface area contributed by atoms with Gasteiger partial charge in [0.05, 0.1) is 11.4 Å². The van der Waals surface area contributed by atoms with Gasteiger partial charge in [0.1, 0.15) is 0 Å². The quantitative estimate of drug-likeness (QED) is 0.864. The molecule has 2 aliphatic heterocycles. The zero-order valence-corrected chi connectivity index (χ0v) is 11.3. The topological polar surface area (TPSA) is 41.1 Å². The Hall–Kier alpha value is -1.16. The highest BCUT2D eigenvalue weighted by Crippen LogP contribution is 2.30. The number of rotatable bonds is 2. The van der Waals surface area contributed by atoms with Gasteiger partial charge in [-0.2, -0.15) is 0 Å². The van der Waals surface area contributed by atoms with Gasteiger partial charge in [-0.05, 0) is 46.1 Å². The predicted molar refractivity (Wildman–Crippen MR) is 72.9 cm³/mol. The summed E-state index contributed by atoms with van der Waals surface area (Å²) in [4.78, 5) is 11.7. The highest BCUT2D eigenvalue weighted by atomic mass is 15.3. The van der Waals surface area contributed by atoms with Crippen molar-refractivity contribution in [1.82, 2.24) is 15.3 Å². The molecule has 3 heterocycles. The summed E-state index contributed by atoms with van der Waals surface area (Å²) in [5, 5.41) is 3.64. The number of aromatic nitrogens is 2. The van der Waals surface area contributed by atoms with Gasteiger partial charge in [0.2, 0.25) is 0 Å². The van der Waals surface area contributed by atoms with E-state index in [1.807, 2.05) is 13.1 Å². The Morgan fingerprint density at radius 2 is 2.17 bits per heavy atom. The van der Waals surface area contributed by atoms with E-state index in [9.17, 15) is 0 Å². The van der Waals surface area contributed by atoms with E-state index in [2.05, 4.69) is 22.1 Å². The first-order chi connectivity index (χ1) is 8.75. The summed E-state index contributed by atoms with van der Waals surface area (Å²) in [6.07, 6.45) is 7.04. The molecule has 1 N–H and O–H groups in total. The molecular weight excluding hydrogens is 224 g/mol. The average molecular weight is 246 g/mol. The Morgan fingerprint density at radius 3 is 2.94 bits per heavy atom. The zero-order chi connectivity index (χ0) is 12.5. The Labute approximate surface area is 109 Å². The van der Waals surface area contributed by atoms with E-state index < -0.39 is 0 Å². The standard InChI is InChI=1S/C14H22N4/c1-10-9-16-11(2)14(17-10)18-8-4-6-13(18)12-5-3-7-15-12/h9,12-13,15H,3-8H2,1-2H3. The fraction of sp³-hybridized carbons (Fsp3) is 0.714. The van der Waals surface area contributed by atoms with E-state index in [4.69, 9.17) is 4.98 Å². The van der Waals surface area contributed by atoms with Gasteiger partial charge in [0.25, 0.3) is 0 Å². The van der Waals surface area contributed by atoms with Gasteiger partial charge >= 0.3 is 0 Å². The predicted octanol–water partition coefficient (Wildman–Crippen LogP) is 1.81. The third-order valence-electron chi connectivity index (χ3n) is 4.19. The van der Waals surface area contributed by atoms with Gasteiger partial charge in [0, 0.05) is 24.8 Å². The molecule has 1 aromatic heterocycles. The van der Waals surface area contributed by atoms with Crippen molar-refractivity contribution in [2.75, 3.05) is 18.0 Å². The van der Waals surface area contributed by atoms with Crippen molar-refractivity contribution in [3.05, 3.63) is 17.6 Å². The first-order valence-corrected chi connectivity index (χ1v) is 7.06. The van der Waals surface area contributed by atoms with Crippen molar-refractivity contribution in [2.24, 2.45) is 0 Å². The lowest BCUT2D eigenvalue weighted by atomic mass is 10.0. The third kappa shape index (κ3) is 2.09. The Balaban J connectivity index is 1.87. The maximum atomic E-state index is 4.71. The Kier molecular flexibility index (Phi) is 3.20. The van der Waals surface area contributed by atoms with Crippen LogP contribution in [-0.2, 0) is 0 Å². The first-order valence-electron chi connectivity index (χ1n) is 7.06. The molecule has 2 aliphatic rings. The molecule has 4 heteroatoms. The first kappa shape index (κ1) is 11.9. The SMILES string of the molecule is Cc1cnc(C)c(N2CCCC2C2CCCN2)n1. The molecule has 0 amide bonds. The molecule has 98 valence electrons. The summed E-state index contributed by atoms with van der Waals surface area (Å²) in [5.74, 6) is 1.10. The van der Waals surface area contributed by atoms with Crippen LogP contribution in [0.3, 0.4) is 0 Å². The number of nitrogens with one attached hydrogen (secondary N) is 1. The second-order valence-corrected chi connectivity index (χ2v) is 5.53. The van der Waals surface area contributed by atoms with Gasteiger partial charge in [0.15, 0.2) is 5.82 Å². The Bertz CT molecular complexity index is 426. The molecule has 4 nitrogen and oxygen atoms in total. The summed E-state index contributed by atoms with van der Waals surface area (Å²) < 4.78 is 0. The molecule has 3 rings (SSSR count). The van der Waals surface area contributed by atoms with Crippen LogP contribution in [0.1, 0.15) is 37.1 Å². The zero-order valence-electron chi connectivity index (χ0n) is 11.3. The number of aryl methyl sites for hydroxylation is 2. The van der Waals surface area contributed by atoms with Gasteiger partial charge in [-0.15, -0.1) is 0 Å². The number of nitrogens with zero attached hydrogens (tertiary/aromatic N) is 3. The number of hydrogen-bond acceptors (Lipinski definition) is 4. The average Bonchev–Trinajstić information content (AvgIpc) is 3.00. The van der Waals surface area contributed by atoms with Crippen molar-refractivity contribution >= 4 is 5.82 Å². The lowest BCUT2D eigenvalue weighted by Crippen LogP contribution is -2.44. The third-order valence-corrected chi connectivity index (χ3v) is 4.19. The molecule has 0 saturated carbocycles. The summed E-state index contributed by atoms with van der Waals surface area (Å²) in [7, 11) is 0. The van der Waals surface area contributed by atoms with Crippen LogP contribution < -0.4 is 10.2 Å². The van der Waals surface area contributed by atoms with Crippen LogP contribution in [-0.4, -0.2) is 35.1 Å². The summed E-state index contributed by atoms with van der Waals surface area (Å²) >= 11 is 0. The van der Waals surface area contributed by atoms with Crippen LogP contribution in [0, 0.1) is 13.8 Å². The molecule has 0 spiro atoms. The van der Waals surface area contributed by atoms with E-state index in [0.717, 1.165) is 23.8 Å². The van der Waals surface area contributed by atoms with E-state index in [0.29, 0.717) is 12.1 Å². The summed E-state index contributed by atoms with van der Waals surface area (Å²) in [6.45, 7) is 6.39. The minimum Gasteiger partial charge on any atom is -0.351 e. The maximum absolute atomic E-state index is 4.71. The molecule has 18 heavy (non-hydrogen) atoms. The van der Waals surface area contributed by atoms with Gasteiger partial charge in [-0.3, -0.25) is 4.98 Å². The highest BCUT2D eigenvalue weighted by Gasteiger charge is 2.34. The second-order valence-electron chi connectivity index (χ2n) is 5.53. The molecule has 1 aromatic rings. The van der Waals surface area contributed by atoms with Crippen LogP contribution in [0.2, 0.25) is 0 Å². The molecule has 0 bridgehead atoms. The number of hydrogen-bond donors (Lipinski definition) is 1. The minimum absolute atomic E-state index is 0.613. The van der Waals surface area contributed by atoms with Crippen molar-refractivity contribution in [2.45, 2.75) is 51.6 Å². The molecular formula is C14H22N4. The fourth-order valence-electron chi connectivity index (χ4n) is 3.31. The van der Waals surface area contributed by atoms with E-state index in [1.165, 1.54) is 32.2 Å². The number of anilines is 1. The molecule has 2 unspecified atom stereocenters. The smallest absolute Gasteiger partial charge is 0.150 e. The largest absolute Gasteiger partial charge is 0.351 e. The summed E-state index contributed by atoms with van der Waals surface area (Å²) in [6, 6.07) is 1.26. The van der Waals surface area contributed by atoms with Crippen LogP contribution in [0.25, 0.3) is 0 Å². The molecule has 2 atom stereocenters. The Morgan fingerprint density at radius 1 is 1.28 bits per heavy atom. The van der Waals surface area contributed by atoms with Gasteiger partial charge < -0.3 is 10.2 Å². The maximum Gasteiger partial charge on any atom is 0.150 e. The van der Waals surface area contributed by atoms with Crippen molar-refractivity contribution in [1.29, 1.82) is 0 Å². The molecule has 0 radical (unpaired) electrons. The van der Waals surface area contributed by atoms with Gasteiger partial charge in [-0.25, -0.2) is 4.98 Å². The monoisotopic (exact) mass is 246 g/mol. The molecule has 0 aliphatic carbocycles. The van der Waals surface area contributed by atoms with Crippen LogP contribution >= 0.6 is 0 Å². The lowest BCUT2D eigenvalue weighted by Gasteiger charge is -2.31. The van der Waals surface area contributed by atoms with Crippen molar-refractivity contribution < 1.29 is 0 Å².